The third-order valence-corrected chi connectivity index (χ3v) is 5.59. The molecule has 0 spiro atoms. The Morgan fingerprint density at radius 2 is 2.07 bits per heavy atom. The van der Waals surface area contributed by atoms with Gasteiger partial charge in [0.25, 0.3) is 5.91 Å². The number of likely N-dealkylation sites (tertiary alicyclic amines) is 1. The zero-order valence-corrected chi connectivity index (χ0v) is 15.7. The van der Waals surface area contributed by atoms with Crippen molar-refractivity contribution in [3.8, 4) is 0 Å². The minimum atomic E-state index is -0.252. The first kappa shape index (κ1) is 18.2. The Morgan fingerprint density at radius 1 is 1.26 bits per heavy atom. The molecule has 0 N–H and O–H groups in total. The van der Waals surface area contributed by atoms with Gasteiger partial charge in [0, 0.05) is 45.5 Å². The SMILES string of the molecule is CCn1cc(C(=O)N2C[C@H]3OC(=O)N(CCCN4CCOCC4)[C@H]3C2)cn1. The van der Waals surface area contributed by atoms with Crippen LogP contribution in [0.5, 0.6) is 0 Å². The molecule has 27 heavy (non-hydrogen) atoms. The van der Waals surface area contributed by atoms with Gasteiger partial charge in [0.2, 0.25) is 0 Å². The van der Waals surface area contributed by atoms with Crippen molar-refractivity contribution in [3.63, 3.8) is 0 Å². The maximum Gasteiger partial charge on any atom is 0.410 e. The predicted octanol–water partition coefficient (Wildman–Crippen LogP) is 0.271. The van der Waals surface area contributed by atoms with E-state index in [9.17, 15) is 9.59 Å². The summed E-state index contributed by atoms with van der Waals surface area (Å²) in [6.45, 7) is 8.74. The number of morpholine rings is 1. The molecule has 0 aromatic carbocycles. The van der Waals surface area contributed by atoms with Crippen LogP contribution < -0.4 is 0 Å². The molecule has 3 aliphatic rings. The average Bonchev–Trinajstić information content (AvgIpc) is 3.38. The topological polar surface area (TPSA) is 80.1 Å². The Balaban J connectivity index is 1.31. The van der Waals surface area contributed by atoms with Crippen LogP contribution in [0.25, 0.3) is 0 Å². The molecule has 9 heteroatoms. The molecule has 0 unspecified atom stereocenters. The molecule has 2 atom stereocenters. The third kappa shape index (κ3) is 3.79. The number of amides is 2. The monoisotopic (exact) mass is 377 g/mol. The summed E-state index contributed by atoms with van der Waals surface area (Å²) in [5.41, 5.74) is 0.585. The zero-order valence-electron chi connectivity index (χ0n) is 15.7. The second-order valence-electron chi connectivity index (χ2n) is 7.29. The summed E-state index contributed by atoms with van der Waals surface area (Å²) in [5.74, 6) is -0.0478. The fourth-order valence-electron chi connectivity index (χ4n) is 4.05. The highest BCUT2D eigenvalue weighted by atomic mass is 16.6. The van der Waals surface area contributed by atoms with E-state index in [1.165, 1.54) is 0 Å². The predicted molar refractivity (Wildman–Crippen MR) is 96.4 cm³/mol. The Morgan fingerprint density at radius 3 is 2.81 bits per heavy atom. The second kappa shape index (κ2) is 7.85. The quantitative estimate of drug-likeness (QED) is 0.708. The van der Waals surface area contributed by atoms with Crippen LogP contribution in [0.4, 0.5) is 4.79 Å². The molecule has 9 nitrogen and oxygen atoms in total. The molecule has 4 heterocycles. The summed E-state index contributed by atoms with van der Waals surface area (Å²) in [6, 6.07) is -0.0487. The summed E-state index contributed by atoms with van der Waals surface area (Å²) in [5, 5.41) is 4.17. The summed E-state index contributed by atoms with van der Waals surface area (Å²) in [6.07, 6.45) is 3.79. The minimum absolute atomic E-state index is 0.0478. The molecule has 1 aromatic heterocycles. The molecule has 0 aliphatic carbocycles. The maximum absolute atomic E-state index is 12.7. The fraction of sp³-hybridized carbons (Fsp3) is 0.722. The lowest BCUT2D eigenvalue weighted by molar-refractivity contribution is 0.0362. The highest BCUT2D eigenvalue weighted by Gasteiger charge is 2.48. The fourth-order valence-corrected chi connectivity index (χ4v) is 4.05. The van der Waals surface area contributed by atoms with Crippen LogP contribution in [-0.2, 0) is 16.0 Å². The van der Waals surface area contributed by atoms with Crippen LogP contribution in [-0.4, -0.2) is 101 Å². The van der Waals surface area contributed by atoms with Crippen LogP contribution >= 0.6 is 0 Å². The molecule has 3 aliphatic heterocycles. The lowest BCUT2D eigenvalue weighted by Gasteiger charge is -2.28. The van der Waals surface area contributed by atoms with Crippen LogP contribution in [0.1, 0.15) is 23.7 Å². The Bertz CT molecular complexity index is 687. The molecule has 3 saturated heterocycles. The number of hydrogen-bond acceptors (Lipinski definition) is 6. The molecular weight excluding hydrogens is 350 g/mol. The maximum atomic E-state index is 12.7. The van der Waals surface area contributed by atoms with Crippen molar-refractivity contribution in [2.24, 2.45) is 0 Å². The molecule has 0 radical (unpaired) electrons. The number of nitrogens with zero attached hydrogens (tertiary/aromatic N) is 5. The van der Waals surface area contributed by atoms with E-state index >= 15 is 0 Å². The number of carbonyl (C=O) groups excluding carboxylic acids is 2. The molecule has 1 aromatic rings. The van der Waals surface area contributed by atoms with Crippen molar-refractivity contribution >= 4 is 12.0 Å². The molecule has 0 bridgehead atoms. The zero-order chi connectivity index (χ0) is 18.8. The van der Waals surface area contributed by atoms with E-state index in [0.717, 1.165) is 45.8 Å². The van der Waals surface area contributed by atoms with Crippen molar-refractivity contribution in [3.05, 3.63) is 18.0 Å². The number of hydrogen-bond donors (Lipinski definition) is 0. The first-order valence-corrected chi connectivity index (χ1v) is 9.75. The van der Waals surface area contributed by atoms with E-state index in [1.807, 2.05) is 6.92 Å². The van der Waals surface area contributed by atoms with Crippen molar-refractivity contribution < 1.29 is 19.1 Å². The number of rotatable bonds is 6. The second-order valence-corrected chi connectivity index (χ2v) is 7.29. The number of aromatic nitrogens is 2. The summed E-state index contributed by atoms with van der Waals surface area (Å²) < 4.78 is 12.6. The Hall–Kier alpha value is -2.13. The lowest BCUT2D eigenvalue weighted by atomic mass is 10.2. The van der Waals surface area contributed by atoms with Gasteiger partial charge in [0.15, 0.2) is 0 Å². The van der Waals surface area contributed by atoms with Crippen LogP contribution in [0.2, 0.25) is 0 Å². The van der Waals surface area contributed by atoms with E-state index in [4.69, 9.17) is 9.47 Å². The molecular formula is C18H27N5O4. The number of aryl methyl sites for hydroxylation is 1. The largest absolute Gasteiger partial charge is 0.442 e. The van der Waals surface area contributed by atoms with Crippen LogP contribution in [0.15, 0.2) is 12.4 Å². The van der Waals surface area contributed by atoms with Gasteiger partial charge in [0.1, 0.15) is 6.10 Å². The number of fused-ring (bicyclic) bond motifs is 1. The standard InChI is InChI=1S/C18H27N5O4/c1-2-22-11-14(10-19-22)17(24)21-12-15-16(13-21)27-18(25)23(15)5-3-4-20-6-8-26-9-7-20/h10-11,15-16H,2-9,12-13H2,1H3/t15-,16+/m0/s1. The lowest BCUT2D eigenvalue weighted by Crippen LogP contribution is -2.42. The van der Waals surface area contributed by atoms with Gasteiger partial charge >= 0.3 is 6.09 Å². The van der Waals surface area contributed by atoms with E-state index < -0.39 is 0 Å². The summed E-state index contributed by atoms with van der Waals surface area (Å²) in [4.78, 5) is 30.9. The van der Waals surface area contributed by atoms with Crippen LogP contribution in [0.3, 0.4) is 0 Å². The van der Waals surface area contributed by atoms with Gasteiger partial charge in [0.05, 0.1) is 37.6 Å². The van der Waals surface area contributed by atoms with Gasteiger partial charge < -0.3 is 14.4 Å². The smallest absolute Gasteiger partial charge is 0.410 e. The van der Waals surface area contributed by atoms with Gasteiger partial charge in [-0.1, -0.05) is 0 Å². The van der Waals surface area contributed by atoms with Crippen molar-refractivity contribution in [1.29, 1.82) is 0 Å². The van der Waals surface area contributed by atoms with Gasteiger partial charge in [-0.25, -0.2) is 4.79 Å². The van der Waals surface area contributed by atoms with Crippen molar-refractivity contribution in [2.75, 3.05) is 52.5 Å². The molecule has 2 amide bonds. The molecule has 4 rings (SSSR count). The average molecular weight is 377 g/mol. The van der Waals surface area contributed by atoms with E-state index in [1.54, 1.807) is 26.9 Å². The van der Waals surface area contributed by atoms with E-state index in [2.05, 4.69) is 10.00 Å². The molecule has 0 saturated carbocycles. The summed E-state index contributed by atoms with van der Waals surface area (Å²) in [7, 11) is 0. The van der Waals surface area contributed by atoms with E-state index in [0.29, 0.717) is 25.2 Å². The first-order valence-electron chi connectivity index (χ1n) is 9.75. The number of carbonyl (C=O) groups is 2. The molecule has 3 fully saturated rings. The van der Waals surface area contributed by atoms with Crippen molar-refractivity contribution in [1.82, 2.24) is 24.5 Å². The first-order chi connectivity index (χ1) is 13.2. The highest BCUT2D eigenvalue weighted by Crippen LogP contribution is 2.28. The third-order valence-electron chi connectivity index (χ3n) is 5.59. The van der Waals surface area contributed by atoms with Gasteiger partial charge in [-0.2, -0.15) is 5.10 Å². The van der Waals surface area contributed by atoms with Crippen LogP contribution in [0, 0.1) is 0 Å². The van der Waals surface area contributed by atoms with Gasteiger partial charge in [-0.3, -0.25) is 19.3 Å². The summed E-state index contributed by atoms with van der Waals surface area (Å²) >= 11 is 0. The van der Waals surface area contributed by atoms with Gasteiger partial charge in [-0.15, -0.1) is 0 Å². The minimum Gasteiger partial charge on any atom is -0.442 e. The van der Waals surface area contributed by atoms with Crippen molar-refractivity contribution in [2.45, 2.75) is 32.0 Å². The van der Waals surface area contributed by atoms with E-state index in [-0.39, 0.29) is 24.1 Å². The highest BCUT2D eigenvalue weighted by molar-refractivity contribution is 5.94. The molecule has 148 valence electrons. The Labute approximate surface area is 158 Å². The van der Waals surface area contributed by atoms with Gasteiger partial charge in [-0.05, 0) is 13.3 Å². The number of ether oxygens (including phenoxy) is 2. The normalized spacial score (nSPS) is 25.7. The Kier molecular flexibility index (Phi) is 5.31.